The minimum Gasteiger partial charge on any atom is -0.449 e. The molecule has 0 aromatic heterocycles. The summed E-state index contributed by atoms with van der Waals surface area (Å²) in [4.78, 5) is 29.7. The molecule has 0 atom stereocenters. The Bertz CT molecular complexity index is 1060. The second kappa shape index (κ2) is 8.41. The van der Waals surface area contributed by atoms with Crippen molar-refractivity contribution in [1.29, 1.82) is 0 Å². The van der Waals surface area contributed by atoms with Gasteiger partial charge in [0.25, 0.3) is 5.91 Å². The number of nitrogens with zero attached hydrogens (tertiary/aromatic N) is 2. The maximum Gasteiger partial charge on any atom is 0.294 e. The van der Waals surface area contributed by atoms with E-state index in [1.165, 1.54) is 4.90 Å². The quantitative estimate of drug-likeness (QED) is 0.695. The predicted molar refractivity (Wildman–Crippen MR) is 119 cm³/mol. The van der Waals surface area contributed by atoms with E-state index < -0.39 is 5.79 Å². The Morgan fingerprint density at radius 1 is 1.06 bits per heavy atom. The normalized spacial score (nSPS) is 21.0. The van der Waals surface area contributed by atoms with Gasteiger partial charge in [-0.2, -0.15) is 0 Å². The number of hydrogen-bond donors (Lipinski definition) is 0. The van der Waals surface area contributed by atoms with Crippen LogP contribution in [0.1, 0.15) is 24.0 Å². The molecule has 0 N–H and O–H groups in total. The average molecular weight is 434 g/mol. The lowest BCUT2D eigenvalue weighted by atomic mass is 10.0. The fourth-order valence-corrected chi connectivity index (χ4v) is 4.45. The lowest BCUT2D eigenvalue weighted by Crippen LogP contribution is -2.51. The molecule has 7 heteroatoms. The van der Waals surface area contributed by atoms with Gasteiger partial charge < -0.3 is 19.1 Å². The van der Waals surface area contributed by atoms with Crippen molar-refractivity contribution in [2.45, 2.75) is 25.6 Å². The largest absolute Gasteiger partial charge is 0.449 e. The summed E-state index contributed by atoms with van der Waals surface area (Å²) >= 11 is 0. The van der Waals surface area contributed by atoms with Gasteiger partial charge in [-0.15, -0.1) is 0 Å². The van der Waals surface area contributed by atoms with Crippen LogP contribution >= 0.6 is 0 Å². The van der Waals surface area contributed by atoms with E-state index in [1.807, 2.05) is 49.4 Å². The van der Waals surface area contributed by atoms with E-state index in [0.717, 1.165) is 11.1 Å². The number of benzene rings is 2. The molecule has 32 heavy (non-hydrogen) atoms. The van der Waals surface area contributed by atoms with E-state index in [2.05, 4.69) is 0 Å². The van der Waals surface area contributed by atoms with Crippen LogP contribution in [0.2, 0.25) is 0 Å². The zero-order valence-corrected chi connectivity index (χ0v) is 18.1. The molecule has 0 radical (unpaired) electrons. The Kier molecular flexibility index (Phi) is 5.45. The van der Waals surface area contributed by atoms with Crippen LogP contribution in [0.15, 0.2) is 54.3 Å². The van der Waals surface area contributed by atoms with Crippen molar-refractivity contribution < 1.29 is 23.8 Å². The van der Waals surface area contributed by atoms with Crippen LogP contribution < -0.4 is 9.64 Å². The van der Waals surface area contributed by atoms with E-state index in [4.69, 9.17) is 14.2 Å². The smallest absolute Gasteiger partial charge is 0.294 e. The molecule has 1 spiro atoms. The Hall–Kier alpha value is -3.16. The van der Waals surface area contributed by atoms with Gasteiger partial charge in [0, 0.05) is 25.9 Å². The van der Waals surface area contributed by atoms with Crippen molar-refractivity contribution in [3.8, 4) is 5.75 Å². The molecule has 0 unspecified atom stereocenters. The third-order valence-corrected chi connectivity index (χ3v) is 6.16. The van der Waals surface area contributed by atoms with Gasteiger partial charge in [0.2, 0.25) is 5.91 Å². The summed E-state index contributed by atoms with van der Waals surface area (Å²) in [6, 6.07) is 15.1. The minimum atomic E-state index is -0.540. The van der Waals surface area contributed by atoms with Gasteiger partial charge in [0.05, 0.1) is 18.9 Å². The summed E-state index contributed by atoms with van der Waals surface area (Å²) in [5, 5.41) is 0. The van der Waals surface area contributed by atoms with Crippen LogP contribution in [0.4, 0.5) is 5.69 Å². The van der Waals surface area contributed by atoms with E-state index in [-0.39, 0.29) is 24.1 Å². The highest BCUT2D eigenvalue weighted by Crippen LogP contribution is 2.36. The number of anilines is 1. The molecule has 0 bridgehead atoms. The minimum absolute atomic E-state index is 0.0426. The molecule has 2 aromatic rings. The monoisotopic (exact) mass is 434 g/mol. The number of piperidine rings is 1. The highest BCUT2D eigenvalue weighted by molar-refractivity contribution is 6.12. The van der Waals surface area contributed by atoms with Crippen LogP contribution in [0.25, 0.3) is 6.08 Å². The maximum absolute atomic E-state index is 13.3. The molecule has 2 amide bonds. The third-order valence-electron chi connectivity index (χ3n) is 6.16. The summed E-state index contributed by atoms with van der Waals surface area (Å²) in [5.74, 6) is -0.203. The first-order chi connectivity index (χ1) is 15.5. The molecule has 2 aromatic carbocycles. The van der Waals surface area contributed by atoms with Gasteiger partial charge in [-0.3, -0.25) is 14.5 Å². The molecule has 3 aliphatic rings. The van der Waals surface area contributed by atoms with E-state index in [0.29, 0.717) is 50.6 Å². The van der Waals surface area contributed by atoms with Crippen molar-refractivity contribution in [3.05, 3.63) is 65.4 Å². The SMILES string of the molecule is Cc1cccc(C=C2Oc3ccccc3N(CC(=O)N3CCC4(CC3)OCCO4)C2=O)c1. The van der Waals surface area contributed by atoms with Crippen LogP contribution in [0.5, 0.6) is 5.75 Å². The number of hydrogen-bond acceptors (Lipinski definition) is 5. The van der Waals surface area contributed by atoms with Crippen molar-refractivity contribution in [1.82, 2.24) is 4.90 Å². The Morgan fingerprint density at radius 3 is 2.56 bits per heavy atom. The second-order valence-corrected chi connectivity index (χ2v) is 8.37. The summed E-state index contributed by atoms with van der Waals surface area (Å²) in [6.07, 6.45) is 3.01. The molecular weight excluding hydrogens is 408 g/mol. The van der Waals surface area contributed by atoms with Crippen LogP contribution in [0, 0.1) is 6.92 Å². The van der Waals surface area contributed by atoms with E-state index >= 15 is 0 Å². The fraction of sp³-hybridized carbons (Fsp3) is 0.360. The molecule has 0 aliphatic carbocycles. The summed E-state index contributed by atoms with van der Waals surface area (Å²) in [6.45, 7) is 4.25. The first-order valence-corrected chi connectivity index (χ1v) is 11.0. The number of fused-ring (bicyclic) bond motifs is 1. The standard InChI is InChI=1S/C25H26N2O5/c1-18-5-4-6-19(15-18)16-22-24(29)27(20-7-2-3-8-21(20)32-22)17-23(28)26-11-9-25(10-12-26)30-13-14-31-25/h2-8,15-16H,9-14,17H2,1H3. The number of carbonyl (C=O) groups is 2. The van der Waals surface area contributed by atoms with Gasteiger partial charge in [-0.25, -0.2) is 0 Å². The number of aryl methyl sites for hydroxylation is 1. The molecule has 3 aliphatic heterocycles. The number of likely N-dealkylation sites (tertiary alicyclic amines) is 1. The van der Waals surface area contributed by atoms with Crippen LogP contribution in [0.3, 0.4) is 0 Å². The summed E-state index contributed by atoms with van der Waals surface area (Å²) in [5.41, 5.74) is 2.56. The Morgan fingerprint density at radius 2 is 1.81 bits per heavy atom. The van der Waals surface area contributed by atoms with Gasteiger partial charge in [-0.05, 0) is 30.7 Å². The first kappa shape index (κ1) is 20.7. The van der Waals surface area contributed by atoms with Gasteiger partial charge in [-0.1, -0.05) is 42.0 Å². The number of carbonyl (C=O) groups excluding carboxylic acids is 2. The number of para-hydroxylation sites is 2. The van der Waals surface area contributed by atoms with Gasteiger partial charge in [0.15, 0.2) is 17.3 Å². The Labute approximate surface area is 187 Å². The topological polar surface area (TPSA) is 68.3 Å². The molecule has 166 valence electrons. The summed E-state index contributed by atoms with van der Waals surface area (Å²) in [7, 11) is 0. The van der Waals surface area contributed by atoms with E-state index in [9.17, 15) is 9.59 Å². The predicted octanol–water partition coefficient (Wildman–Crippen LogP) is 3.13. The average Bonchev–Trinajstić information content (AvgIpc) is 3.25. The van der Waals surface area contributed by atoms with Gasteiger partial charge in [0.1, 0.15) is 6.54 Å². The fourth-order valence-electron chi connectivity index (χ4n) is 4.45. The molecule has 7 nitrogen and oxygen atoms in total. The van der Waals surface area contributed by atoms with Crippen molar-refractivity contribution in [2.75, 3.05) is 37.7 Å². The van der Waals surface area contributed by atoms with Crippen molar-refractivity contribution in [2.24, 2.45) is 0 Å². The summed E-state index contributed by atoms with van der Waals surface area (Å²) < 4.78 is 17.4. The van der Waals surface area contributed by atoms with Crippen LogP contribution in [-0.2, 0) is 19.1 Å². The number of amides is 2. The third kappa shape index (κ3) is 4.01. The molecule has 5 rings (SSSR count). The van der Waals surface area contributed by atoms with Crippen molar-refractivity contribution >= 4 is 23.6 Å². The lowest BCUT2D eigenvalue weighted by Gasteiger charge is -2.38. The maximum atomic E-state index is 13.3. The van der Waals surface area contributed by atoms with E-state index in [1.54, 1.807) is 17.0 Å². The molecule has 2 saturated heterocycles. The van der Waals surface area contributed by atoms with Crippen LogP contribution in [-0.4, -0.2) is 55.3 Å². The van der Waals surface area contributed by atoms with Crippen molar-refractivity contribution in [3.63, 3.8) is 0 Å². The first-order valence-electron chi connectivity index (χ1n) is 11.0. The molecule has 0 saturated carbocycles. The highest BCUT2D eigenvalue weighted by atomic mass is 16.7. The number of rotatable bonds is 3. The molecule has 2 fully saturated rings. The van der Waals surface area contributed by atoms with Gasteiger partial charge >= 0.3 is 0 Å². The number of ether oxygens (including phenoxy) is 3. The Balaban J connectivity index is 1.36. The highest BCUT2D eigenvalue weighted by Gasteiger charge is 2.41. The second-order valence-electron chi connectivity index (χ2n) is 8.37. The zero-order chi connectivity index (χ0) is 22.1. The zero-order valence-electron chi connectivity index (χ0n) is 18.1. The lowest BCUT2D eigenvalue weighted by molar-refractivity contribution is -0.187. The molecular formula is C25H26N2O5. The molecule has 3 heterocycles.